The molecule has 0 amide bonds. The van der Waals surface area contributed by atoms with Crippen molar-refractivity contribution >= 4 is 11.9 Å². The van der Waals surface area contributed by atoms with Gasteiger partial charge >= 0.3 is 11.9 Å². The molecule has 2 unspecified atom stereocenters. The zero-order chi connectivity index (χ0) is 18.3. The molecule has 0 fully saturated rings. The van der Waals surface area contributed by atoms with Gasteiger partial charge in [-0.2, -0.15) is 0 Å². The maximum atomic E-state index is 10.4. The standard InChI is InChI=1S/2C7H11N3O2/c1-10-3-5(9-4-10)2-6(8)7(11)12;1-10-4-9-3-5(10)2-6(8)7(11)12/h2*3-4,6H,2,8H2,1H3,(H,11,12). The minimum absolute atomic E-state index is 0.274. The molecule has 2 aromatic rings. The SMILES string of the molecule is Cn1cnc(CC(N)C(=O)O)c1.Cn1cncc1CC(N)C(=O)O. The van der Waals surface area contributed by atoms with Crippen molar-refractivity contribution < 1.29 is 19.8 Å². The second-order valence-electron chi connectivity index (χ2n) is 5.32. The second-order valence-corrected chi connectivity index (χ2v) is 5.32. The van der Waals surface area contributed by atoms with Crippen LogP contribution < -0.4 is 11.5 Å². The molecule has 2 heterocycles. The summed E-state index contributed by atoms with van der Waals surface area (Å²) in [6.45, 7) is 0. The molecule has 2 rings (SSSR count). The Morgan fingerprint density at radius 1 is 1.12 bits per heavy atom. The van der Waals surface area contributed by atoms with Crippen molar-refractivity contribution in [3.8, 4) is 0 Å². The number of carboxylic acid groups (broad SMARTS) is 2. The van der Waals surface area contributed by atoms with E-state index in [1.54, 1.807) is 41.2 Å². The number of aromatic nitrogens is 4. The van der Waals surface area contributed by atoms with Crippen LogP contribution in [-0.2, 0) is 36.5 Å². The molecule has 0 saturated heterocycles. The summed E-state index contributed by atoms with van der Waals surface area (Å²) in [4.78, 5) is 28.5. The third kappa shape index (κ3) is 6.18. The molecule has 0 aliphatic carbocycles. The monoisotopic (exact) mass is 338 g/mol. The Morgan fingerprint density at radius 3 is 2.12 bits per heavy atom. The summed E-state index contributed by atoms with van der Waals surface area (Å²) in [5.74, 6) is -1.99. The van der Waals surface area contributed by atoms with Crippen LogP contribution in [0, 0.1) is 0 Å². The summed E-state index contributed by atoms with van der Waals surface area (Å²) in [7, 11) is 3.62. The van der Waals surface area contributed by atoms with Gasteiger partial charge in [0.1, 0.15) is 12.1 Å². The Balaban J connectivity index is 0.000000240. The topological polar surface area (TPSA) is 162 Å². The highest BCUT2D eigenvalue weighted by molar-refractivity contribution is 5.73. The van der Waals surface area contributed by atoms with E-state index in [0.717, 1.165) is 5.69 Å². The van der Waals surface area contributed by atoms with Gasteiger partial charge in [0.05, 0.1) is 18.3 Å². The Bertz CT molecular complexity index is 680. The van der Waals surface area contributed by atoms with Crippen molar-refractivity contribution in [1.29, 1.82) is 0 Å². The molecule has 0 spiro atoms. The van der Waals surface area contributed by atoms with Crippen LogP contribution in [0.15, 0.2) is 25.0 Å². The molecule has 0 aromatic carbocycles. The molecule has 0 saturated carbocycles. The zero-order valence-corrected chi connectivity index (χ0v) is 13.5. The summed E-state index contributed by atoms with van der Waals surface area (Å²) >= 11 is 0. The van der Waals surface area contributed by atoms with Gasteiger partial charge in [-0.3, -0.25) is 9.59 Å². The van der Waals surface area contributed by atoms with Crippen LogP contribution in [0.5, 0.6) is 0 Å². The van der Waals surface area contributed by atoms with Crippen LogP contribution in [0.4, 0.5) is 0 Å². The van der Waals surface area contributed by atoms with Crippen LogP contribution in [0.3, 0.4) is 0 Å². The Labute approximate surface area is 138 Å². The van der Waals surface area contributed by atoms with Gasteiger partial charge in [-0.1, -0.05) is 0 Å². The highest BCUT2D eigenvalue weighted by atomic mass is 16.4. The molecule has 10 nitrogen and oxygen atoms in total. The van der Waals surface area contributed by atoms with Crippen molar-refractivity contribution in [3.63, 3.8) is 0 Å². The summed E-state index contributed by atoms with van der Waals surface area (Å²) in [5, 5.41) is 17.0. The van der Waals surface area contributed by atoms with Crippen LogP contribution in [0.25, 0.3) is 0 Å². The molecule has 132 valence electrons. The summed E-state index contributed by atoms with van der Waals surface area (Å²) < 4.78 is 3.51. The zero-order valence-electron chi connectivity index (χ0n) is 13.5. The molecular weight excluding hydrogens is 316 g/mol. The fourth-order valence-corrected chi connectivity index (χ4v) is 1.78. The molecule has 2 aromatic heterocycles. The van der Waals surface area contributed by atoms with E-state index in [4.69, 9.17) is 21.7 Å². The van der Waals surface area contributed by atoms with Gasteiger partial charge in [0.2, 0.25) is 0 Å². The van der Waals surface area contributed by atoms with Crippen molar-refractivity contribution in [1.82, 2.24) is 19.1 Å². The lowest BCUT2D eigenvalue weighted by Gasteiger charge is -2.05. The van der Waals surface area contributed by atoms with Crippen LogP contribution in [0.1, 0.15) is 11.4 Å². The molecule has 0 radical (unpaired) electrons. The number of imidazole rings is 2. The maximum Gasteiger partial charge on any atom is 0.320 e. The normalized spacial score (nSPS) is 12.8. The van der Waals surface area contributed by atoms with E-state index in [-0.39, 0.29) is 6.42 Å². The Kier molecular flexibility index (Phi) is 7.08. The van der Waals surface area contributed by atoms with Crippen LogP contribution >= 0.6 is 0 Å². The lowest BCUT2D eigenvalue weighted by Crippen LogP contribution is -2.32. The fourth-order valence-electron chi connectivity index (χ4n) is 1.78. The summed E-state index contributed by atoms with van der Waals surface area (Å²) in [6.07, 6.45) is 7.18. The van der Waals surface area contributed by atoms with Crippen LogP contribution in [-0.4, -0.2) is 53.3 Å². The average molecular weight is 338 g/mol. The fraction of sp³-hybridized carbons (Fsp3) is 0.429. The number of carbonyl (C=O) groups is 2. The number of hydrogen-bond donors (Lipinski definition) is 4. The predicted octanol–water partition coefficient (Wildman–Crippen LogP) is -1.25. The lowest BCUT2D eigenvalue weighted by molar-refractivity contribution is -0.139. The Hall–Kier alpha value is -2.72. The van der Waals surface area contributed by atoms with Crippen molar-refractivity contribution in [2.75, 3.05) is 0 Å². The quantitative estimate of drug-likeness (QED) is 0.507. The summed E-state index contributed by atoms with van der Waals surface area (Å²) in [6, 6.07) is -1.71. The van der Waals surface area contributed by atoms with Gasteiger partial charge < -0.3 is 30.8 Å². The van der Waals surface area contributed by atoms with Gasteiger partial charge in [-0.25, -0.2) is 9.97 Å². The van der Waals surface area contributed by atoms with E-state index >= 15 is 0 Å². The molecule has 6 N–H and O–H groups in total. The first-order chi connectivity index (χ1) is 11.2. The molecule has 2 atom stereocenters. The average Bonchev–Trinajstić information content (AvgIpc) is 3.08. The van der Waals surface area contributed by atoms with E-state index in [1.165, 1.54) is 0 Å². The van der Waals surface area contributed by atoms with Crippen molar-refractivity contribution in [2.24, 2.45) is 25.6 Å². The van der Waals surface area contributed by atoms with Gasteiger partial charge in [0, 0.05) is 45.0 Å². The molecule has 24 heavy (non-hydrogen) atoms. The number of aryl methyl sites for hydroxylation is 2. The number of nitrogens with zero attached hydrogens (tertiary/aromatic N) is 4. The minimum Gasteiger partial charge on any atom is -0.480 e. The van der Waals surface area contributed by atoms with E-state index in [2.05, 4.69) is 9.97 Å². The van der Waals surface area contributed by atoms with E-state index in [0.29, 0.717) is 12.1 Å². The molecule has 0 aliphatic heterocycles. The van der Waals surface area contributed by atoms with E-state index in [1.807, 2.05) is 7.05 Å². The largest absolute Gasteiger partial charge is 0.480 e. The summed E-state index contributed by atoms with van der Waals surface area (Å²) in [5.41, 5.74) is 12.2. The number of hydrogen-bond acceptors (Lipinski definition) is 6. The van der Waals surface area contributed by atoms with E-state index < -0.39 is 24.0 Å². The van der Waals surface area contributed by atoms with Crippen LogP contribution in [0.2, 0.25) is 0 Å². The van der Waals surface area contributed by atoms with Crippen molar-refractivity contribution in [3.05, 3.63) is 36.4 Å². The number of rotatable bonds is 6. The highest BCUT2D eigenvalue weighted by Gasteiger charge is 2.14. The number of aliphatic carboxylic acids is 2. The third-order valence-electron chi connectivity index (χ3n) is 3.17. The number of carboxylic acids is 2. The minimum atomic E-state index is -0.999. The van der Waals surface area contributed by atoms with E-state index in [9.17, 15) is 9.59 Å². The molecule has 0 aliphatic rings. The second kappa shape index (κ2) is 8.79. The highest BCUT2D eigenvalue weighted by Crippen LogP contribution is 2.00. The maximum absolute atomic E-state index is 10.4. The van der Waals surface area contributed by atoms with Gasteiger partial charge in [-0.05, 0) is 0 Å². The number of nitrogens with two attached hydrogens (primary N) is 2. The first kappa shape index (κ1) is 19.3. The first-order valence-electron chi connectivity index (χ1n) is 7.09. The lowest BCUT2D eigenvalue weighted by atomic mass is 10.2. The molecule has 10 heteroatoms. The smallest absolute Gasteiger partial charge is 0.320 e. The predicted molar refractivity (Wildman–Crippen MR) is 85.0 cm³/mol. The van der Waals surface area contributed by atoms with Crippen molar-refractivity contribution in [2.45, 2.75) is 24.9 Å². The van der Waals surface area contributed by atoms with Gasteiger partial charge in [0.25, 0.3) is 0 Å². The molecule has 0 bridgehead atoms. The first-order valence-corrected chi connectivity index (χ1v) is 7.09. The third-order valence-corrected chi connectivity index (χ3v) is 3.17. The Morgan fingerprint density at radius 2 is 1.71 bits per heavy atom. The van der Waals surface area contributed by atoms with Gasteiger partial charge in [0.15, 0.2) is 0 Å². The molecular formula is C14H22N6O4. The van der Waals surface area contributed by atoms with Gasteiger partial charge in [-0.15, -0.1) is 0 Å².